The van der Waals surface area contributed by atoms with E-state index in [4.69, 9.17) is 17.0 Å². The molecular formula is C8H7BrO3. The van der Waals surface area contributed by atoms with Gasteiger partial charge >= 0.3 is 0 Å². The quantitative estimate of drug-likeness (QED) is 0.744. The molecule has 0 aliphatic carbocycles. The zero-order valence-corrected chi connectivity index (χ0v) is 7.84. The van der Waals surface area contributed by atoms with Crippen LogP contribution < -0.4 is 14.2 Å². The molecule has 0 amide bonds. The lowest BCUT2D eigenvalue weighted by atomic mass is 10.3. The number of methoxy groups -OCH3 is 1. The summed E-state index contributed by atoms with van der Waals surface area (Å²) < 4.78 is 30.2. The summed E-state index contributed by atoms with van der Waals surface area (Å²) >= 11 is 3.26. The number of rotatable bonds is 1. The topological polar surface area (TPSA) is 27.7 Å². The molecule has 2 rings (SSSR count). The number of benzene rings is 1. The fraction of sp³-hybridized carbons (Fsp3) is 0.250. The van der Waals surface area contributed by atoms with E-state index in [9.17, 15) is 0 Å². The van der Waals surface area contributed by atoms with Crippen molar-refractivity contribution in [1.29, 1.82) is 0 Å². The molecule has 1 aliphatic heterocycles. The maximum absolute atomic E-state index is 7.27. The van der Waals surface area contributed by atoms with Crippen molar-refractivity contribution in [2.24, 2.45) is 0 Å². The second-order valence-electron chi connectivity index (χ2n) is 2.22. The monoisotopic (exact) mass is 232 g/mol. The van der Waals surface area contributed by atoms with Crippen LogP contribution in [0.2, 0.25) is 0 Å². The van der Waals surface area contributed by atoms with Crippen molar-refractivity contribution in [3.8, 4) is 17.2 Å². The van der Waals surface area contributed by atoms with Crippen molar-refractivity contribution >= 4 is 15.9 Å². The zero-order chi connectivity index (χ0) is 10.3. The molecule has 0 saturated heterocycles. The van der Waals surface area contributed by atoms with E-state index >= 15 is 0 Å². The van der Waals surface area contributed by atoms with Gasteiger partial charge in [0.2, 0.25) is 12.5 Å². The summed E-state index contributed by atoms with van der Waals surface area (Å²) in [5.41, 5.74) is 0. The lowest BCUT2D eigenvalue weighted by Crippen LogP contribution is -1.93. The minimum Gasteiger partial charge on any atom is -0.493 e. The SMILES string of the molecule is [2H]C1([2H])Oc2cc(Br)cc(OC)c2O1. The molecule has 1 aromatic carbocycles. The first-order valence-electron chi connectivity index (χ1n) is 4.27. The summed E-state index contributed by atoms with van der Waals surface area (Å²) in [6, 6.07) is 3.31. The molecule has 0 saturated carbocycles. The summed E-state index contributed by atoms with van der Waals surface area (Å²) in [5, 5.41) is 0. The van der Waals surface area contributed by atoms with Gasteiger partial charge in [0.25, 0.3) is 0 Å². The molecular weight excluding hydrogens is 224 g/mol. The molecule has 12 heavy (non-hydrogen) atoms. The fourth-order valence-electron chi connectivity index (χ4n) is 0.980. The lowest BCUT2D eigenvalue weighted by Gasteiger charge is -2.04. The van der Waals surface area contributed by atoms with Crippen LogP contribution in [-0.4, -0.2) is 13.9 Å². The highest BCUT2D eigenvalue weighted by atomic mass is 79.9. The Morgan fingerprint density at radius 2 is 2.42 bits per heavy atom. The molecule has 3 nitrogen and oxygen atoms in total. The molecule has 0 bridgehead atoms. The van der Waals surface area contributed by atoms with Crippen molar-refractivity contribution in [3.63, 3.8) is 0 Å². The van der Waals surface area contributed by atoms with E-state index in [2.05, 4.69) is 15.9 Å². The molecule has 0 spiro atoms. The van der Waals surface area contributed by atoms with Crippen molar-refractivity contribution in [2.45, 2.75) is 0 Å². The first-order chi connectivity index (χ1) is 6.52. The number of fused-ring (bicyclic) bond motifs is 1. The van der Waals surface area contributed by atoms with Gasteiger partial charge in [-0.3, -0.25) is 0 Å². The minimum atomic E-state index is -2.11. The summed E-state index contributed by atoms with van der Waals surface area (Å²) in [6.45, 7) is -2.11. The summed E-state index contributed by atoms with van der Waals surface area (Å²) in [5.74, 6) is 1.07. The van der Waals surface area contributed by atoms with Crippen LogP contribution >= 0.6 is 15.9 Å². The van der Waals surface area contributed by atoms with E-state index in [1.165, 1.54) is 7.11 Å². The van der Waals surface area contributed by atoms with Crippen molar-refractivity contribution in [2.75, 3.05) is 13.9 Å². The Balaban J connectivity index is 2.50. The van der Waals surface area contributed by atoms with Crippen LogP contribution in [0.1, 0.15) is 2.74 Å². The summed E-state index contributed by atoms with van der Waals surface area (Å²) in [7, 11) is 1.49. The third kappa shape index (κ3) is 1.12. The number of hydrogen-bond donors (Lipinski definition) is 0. The van der Waals surface area contributed by atoms with E-state index in [1.54, 1.807) is 12.1 Å². The molecule has 1 heterocycles. The van der Waals surface area contributed by atoms with Gasteiger partial charge in [0.05, 0.1) is 7.11 Å². The third-order valence-corrected chi connectivity index (χ3v) is 1.96. The highest BCUT2D eigenvalue weighted by Gasteiger charge is 2.19. The Bertz CT molecular complexity index is 381. The molecule has 0 N–H and O–H groups in total. The molecule has 0 atom stereocenters. The van der Waals surface area contributed by atoms with Crippen LogP contribution in [0.5, 0.6) is 17.2 Å². The van der Waals surface area contributed by atoms with Gasteiger partial charge in [0.1, 0.15) is 2.74 Å². The Labute approximate surface area is 81.2 Å². The highest BCUT2D eigenvalue weighted by molar-refractivity contribution is 9.10. The first-order valence-corrected chi connectivity index (χ1v) is 4.07. The van der Waals surface area contributed by atoms with E-state index < -0.39 is 6.75 Å². The maximum atomic E-state index is 7.27. The molecule has 0 radical (unpaired) electrons. The van der Waals surface area contributed by atoms with Gasteiger partial charge < -0.3 is 14.2 Å². The summed E-state index contributed by atoms with van der Waals surface area (Å²) in [4.78, 5) is 0. The van der Waals surface area contributed by atoms with Crippen LogP contribution in [0.25, 0.3) is 0 Å². The Kier molecular flexibility index (Phi) is 1.36. The molecule has 0 fully saturated rings. The zero-order valence-electron chi connectivity index (χ0n) is 8.26. The Morgan fingerprint density at radius 3 is 3.17 bits per heavy atom. The number of ether oxygens (including phenoxy) is 3. The van der Waals surface area contributed by atoms with Gasteiger partial charge in [-0.25, -0.2) is 0 Å². The smallest absolute Gasteiger partial charge is 0.231 e. The maximum Gasteiger partial charge on any atom is 0.231 e. The second kappa shape index (κ2) is 2.86. The van der Waals surface area contributed by atoms with Crippen LogP contribution in [0.4, 0.5) is 0 Å². The predicted molar refractivity (Wildman–Crippen MR) is 46.8 cm³/mol. The average molecular weight is 233 g/mol. The van der Waals surface area contributed by atoms with Gasteiger partial charge in [0.15, 0.2) is 11.5 Å². The van der Waals surface area contributed by atoms with E-state index in [0.29, 0.717) is 17.2 Å². The molecule has 0 aromatic heterocycles. The normalized spacial score (nSPS) is 19.8. The first kappa shape index (κ1) is 5.70. The van der Waals surface area contributed by atoms with E-state index in [-0.39, 0.29) is 0 Å². The third-order valence-electron chi connectivity index (χ3n) is 1.50. The van der Waals surface area contributed by atoms with E-state index in [1.807, 2.05) is 0 Å². The second-order valence-corrected chi connectivity index (χ2v) is 3.14. The summed E-state index contributed by atoms with van der Waals surface area (Å²) in [6.07, 6.45) is 0. The van der Waals surface area contributed by atoms with Crippen molar-refractivity contribution in [3.05, 3.63) is 16.6 Å². The minimum absolute atomic E-state index is 0.292. The van der Waals surface area contributed by atoms with Gasteiger partial charge in [-0.15, -0.1) is 0 Å². The van der Waals surface area contributed by atoms with E-state index in [0.717, 1.165) is 4.47 Å². The standard InChI is InChI=1S/C8H7BrO3/c1-10-6-2-5(9)3-7-8(6)12-4-11-7/h2-3H,4H2,1H3/i4D2. The molecule has 0 unspecified atom stereocenters. The van der Waals surface area contributed by atoms with Gasteiger partial charge in [-0.1, -0.05) is 15.9 Å². The van der Waals surface area contributed by atoms with Gasteiger partial charge in [-0.2, -0.15) is 0 Å². The average Bonchev–Trinajstić information content (AvgIpc) is 2.37. The lowest BCUT2D eigenvalue weighted by molar-refractivity contribution is 0.171. The molecule has 64 valence electrons. The highest BCUT2D eigenvalue weighted by Crippen LogP contribution is 2.42. The number of hydrogen-bond acceptors (Lipinski definition) is 3. The predicted octanol–water partition coefficient (Wildman–Crippen LogP) is 2.19. The van der Waals surface area contributed by atoms with Crippen LogP contribution in [0.3, 0.4) is 0 Å². The van der Waals surface area contributed by atoms with Crippen LogP contribution in [0.15, 0.2) is 16.6 Å². The Morgan fingerprint density at radius 1 is 1.58 bits per heavy atom. The van der Waals surface area contributed by atoms with Crippen molar-refractivity contribution in [1.82, 2.24) is 0 Å². The fourth-order valence-corrected chi connectivity index (χ4v) is 1.40. The van der Waals surface area contributed by atoms with Gasteiger partial charge in [-0.05, 0) is 12.1 Å². The van der Waals surface area contributed by atoms with Gasteiger partial charge in [0, 0.05) is 4.47 Å². The van der Waals surface area contributed by atoms with Crippen LogP contribution in [0, 0.1) is 0 Å². The van der Waals surface area contributed by atoms with Crippen LogP contribution in [-0.2, 0) is 0 Å². The molecule has 1 aliphatic rings. The largest absolute Gasteiger partial charge is 0.493 e. The number of halogens is 1. The Hall–Kier alpha value is -0.900. The molecule has 1 aromatic rings. The van der Waals surface area contributed by atoms with Crippen molar-refractivity contribution < 1.29 is 17.0 Å². The molecule has 4 heteroatoms.